The SMILES string of the molecule is CCN(Cc1ccncc1)CC(O)C1CCCCC1. The fourth-order valence-electron chi connectivity index (χ4n) is 2.98. The number of hydrogen-bond donors (Lipinski definition) is 1. The predicted molar refractivity (Wildman–Crippen MR) is 77.8 cm³/mol. The van der Waals surface area contributed by atoms with E-state index in [1.54, 1.807) is 0 Å². The number of likely N-dealkylation sites (N-methyl/N-ethyl adjacent to an activating group) is 1. The minimum atomic E-state index is -0.165. The zero-order chi connectivity index (χ0) is 13.5. The van der Waals surface area contributed by atoms with Gasteiger partial charge in [-0.05, 0) is 43.0 Å². The van der Waals surface area contributed by atoms with E-state index < -0.39 is 0 Å². The molecule has 0 aromatic carbocycles. The summed E-state index contributed by atoms with van der Waals surface area (Å²) in [5.74, 6) is 0.514. The lowest BCUT2D eigenvalue weighted by Gasteiger charge is -2.31. The van der Waals surface area contributed by atoms with Gasteiger partial charge in [-0.3, -0.25) is 9.88 Å². The van der Waals surface area contributed by atoms with Gasteiger partial charge in [0.25, 0.3) is 0 Å². The third kappa shape index (κ3) is 4.59. The van der Waals surface area contributed by atoms with Crippen molar-refractivity contribution in [3.8, 4) is 0 Å². The Labute approximate surface area is 116 Å². The van der Waals surface area contributed by atoms with Crippen LogP contribution >= 0.6 is 0 Å². The largest absolute Gasteiger partial charge is 0.392 e. The summed E-state index contributed by atoms with van der Waals surface area (Å²) in [4.78, 5) is 6.37. The van der Waals surface area contributed by atoms with Crippen LogP contribution < -0.4 is 0 Å². The van der Waals surface area contributed by atoms with Gasteiger partial charge in [-0.2, -0.15) is 0 Å². The quantitative estimate of drug-likeness (QED) is 0.856. The van der Waals surface area contributed by atoms with E-state index in [2.05, 4.69) is 28.9 Å². The van der Waals surface area contributed by atoms with Crippen LogP contribution in [0.15, 0.2) is 24.5 Å². The third-order valence-corrected chi connectivity index (χ3v) is 4.24. The number of aliphatic hydroxyl groups excluding tert-OH is 1. The molecule has 19 heavy (non-hydrogen) atoms. The Morgan fingerprint density at radius 2 is 1.95 bits per heavy atom. The lowest BCUT2D eigenvalue weighted by atomic mass is 9.85. The molecule has 3 heteroatoms. The molecule has 0 saturated heterocycles. The summed E-state index contributed by atoms with van der Waals surface area (Å²) >= 11 is 0. The van der Waals surface area contributed by atoms with E-state index in [1.165, 1.54) is 37.7 Å². The van der Waals surface area contributed by atoms with E-state index in [4.69, 9.17) is 0 Å². The lowest BCUT2D eigenvalue weighted by Crippen LogP contribution is -2.37. The van der Waals surface area contributed by atoms with Gasteiger partial charge in [0.2, 0.25) is 0 Å². The number of rotatable bonds is 6. The lowest BCUT2D eigenvalue weighted by molar-refractivity contribution is 0.0468. The highest BCUT2D eigenvalue weighted by atomic mass is 16.3. The molecular formula is C16H26N2O. The molecule has 0 amide bonds. The number of aromatic nitrogens is 1. The van der Waals surface area contributed by atoms with Gasteiger partial charge in [0.15, 0.2) is 0 Å². The van der Waals surface area contributed by atoms with Gasteiger partial charge in [-0.1, -0.05) is 26.2 Å². The minimum Gasteiger partial charge on any atom is -0.392 e. The molecule has 1 fully saturated rings. The van der Waals surface area contributed by atoms with Crippen LogP contribution in [-0.2, 0) is 6.54 Å². The molecule has 1 atom stereocenters. The van der Waals surface area contributed by atoms with Gasteiger partial charge in [0, 0.05) is 25.5 Å². The molecule has 1 aromatic heterocycles. The summed E-state index contributed by atoms with van der Waals surface area (Å²) in [5.41, 5.74) is 1.27. The highest BCUT2D eigenvalue weighted by molar-refractivity contribution is 5.09. The highest BCUT2D eigenvalue weighted by Crippen LogP contribution is 2.27. The predicted octanol–water partition coefficient (Wildman–Crippen LogP) is 2.84. The average molecular weight is 262 g/mol. The summed E-state index contributed by atoms with van der Waals surface area (Å²) in [6.45, 7) is 4.84. The molecule has 0 aliphatic heterocycles. The van der Waals surface area contributed by atoms with Crippen molar-refractivity contribution in [3.63, 3.8) is 0 Å². The molecule has 0 spiro atoms. The maximum atomic E-state index is 10.4. The molecule has 106 valence electrons. The van der Waals surface area contributed by atoms with Gasteiger partial charge in [-0.25, -0.2) is 0 Å². The summed E-state index contributed by atoms with van der Waals surface area (Å²) in [6, 6.07) is 4.10. The summed E-state index contributed by atoms with van der Waals surface area (Å²) in [6.07, 6.45) is 9.83. The normalized spacial score (nSPS) is 18.7. The first-order chi connectivity index (χ1) is 9.29. The van der Waals surface area contributed by atoms with Gasteiger partial charge in [0.05, 0.1) is 6.10 Å². The molecular weight excluding hydrogens is 236 g/mol. The van der Waals surface area contributed by atoms with Crippen molar-refractivity contribution in [1.82, 2.24) is 9.88 Å². The number of nitrogens with zero attached hydrogens (tertiary/aromatic N) is 2. The van der Waals surface area contributed by atoms with Crippen molar-refractivity contribution in [2.24, 2.45) is 5.92 Å². The molecule has 1 aliphatic rings. The van der Waals surface area contributed by atoms with Crippen LogP contribution in [0.1, 0.15) is 44.6 Å². The first kappa shape index (κ1) is 14.5. The number of aliphatic hydroxyl groups is 1. The Bertz CT molecular complexity index is 349. The Balaban J connectivity index is 1.84. The van der Waals surface area contributed by atoms with Gasteiger partial charge in [-0.15, -0.1) is 0 Å². The van der Waals surface area contributed by atoms with E-state index in [0.29, 0.717) is 5.92 Å². The second-order valence-corrected chi connectivity index (χ2v) is 5.65. The third-order valence-electron chi connectivity index (χ3n) is 4.24. The molecule has 1 aromatic rings. The monoisotopic (exact) mass is 262 g/mol. The van der Waals surface area contributed by atoms with Crippen molar-refractivity contribution >= 4 is 0 Å². The van der Waals surface area contributed by atoms with Crippen LogP contribution in [0.2, 0.25) is 0 Å². The molecule has 0 radical (unpaired) electrons. The van der Waals surface area contributed by atoms with Crippen molar-refractivity contribution < 1.29 is 5.11 Å². The van der Waals surface area contributed by atoms with E-state index in [9.17, 15) is 5.11 Å². The van der Waals surface area contributed by atoms with Gasteiger partial charge in [0.1, 0.15) is 0 Å². The molecule has 1 aliphatic carbocycles. The Morgan fingerprint density at radius 3 is 2.58 bits per heavy atom. The average Bonchev–Trinajstić information content (AvgIpc) is 2.48. The topological polar surface area (TPSA) is 36.4 Å². The molecule has 1 heterocycles. The summed E-state index contributed by atoms with van der Waals surface area (Å²) in [7, 11) is 0. The maximum absolute atomic E-state index is 10.4. The zero-order valence-corrected chi connectivity index (χ0v) is 12.0. The van der Waals surface area contributed by atoms with Crippen LogP contribution in [0.5, 0.6) is 0 Å². The fourth-order valence-corrected chi connectivity index (χ4v) is 2.98. The van der Waals surface area contributed by atoms with Gasteiger partial charge >= 0.3 is 0 Å². The number of pyridine rings is 1. The van der Waals surface area contributed by atoms with E-state index in [1.807, 2.05) is 12.4 Å². The summed E-state index contributed by atoms with van der Waals surface area (Å²) in [5, 5.41) is 10.4. The zero-order valence-electron chi connectivity index (χ0n) is 12.0. The van der Waals surface area contributed by atoms with Crippen molar-refractivity contribution in [2.45, 2.75) is 51.7 Å². The van der Waals surface area contributed by atoms with Crippen LogP contribution in [0.3, 0.4) is 0 Å². The first-order valence-corrected chi connectivity index (χ1v) is 7.59. The number of hydrogen-bond acceptors (Lipinski definition) is 3. The Kier molecular flexibility index (Phi) is 5.80. The maximum Gasteiger partial charge on any atom is 0.0695 e. The Hall–Kier alpha value is -0.930. The molecule has 1 N–H and O–H groups in total. The molecule has 0 bridgehead atoms. The molecule has 2 rings (SSSR count). The van der Waals surface area contributed by atoms with E-state index >= 15 is 0 Å². The van der Waals surface area contributed by atoms with Crippen molar-refractivity contribution in [3.05, 3.63) is 30.1 Å². The first-order valence-electron chi connectivity index (χ1n) is 7.59. The smallest absolute Gasteiger partial charge is 0.0695 e. The molecule has 1 unspecified atom stereocenters. The minimum absolute atomic E-state index is 0.165. The molecule has 3 nitrogen and oxygen atoms in total. The van der Waals surface area contributed by atoms with Crippen LogP contribution in [0.4, 0.5) is 0 Å². The summed E-state index contributed by atoms with van der Waals surface area (Å²) < 4.78 is 0. The van der Waals surface area contributed by atoms with Crippen molar-refractivity contribution in [1.29, 1.82) is 0 Å². The van der Waals surface area contributed by atoms with Gasteiger partial charge < -0.3 is 5.11 Å². The second kappa shape index (κ2) is 7.61. The second-order valence-electron chi connectivity index (χ2n) is 5.65. The van der Waals surface area contributed by atoms with Crippen molar-refractivity contribution in [2.75, 3.05) is 13.1 Å². The highest BCUT2D eigenvalue weighted by Gasteiger charge is 2.23. The van der Waals surface area contributed by atoms with E-state index in [0.717, 1.165) is 19.6 Å². The molecule has 1 saturated carbocycles. The fraction of sp³-hybridized carbons (Fsp3) is 0.688. The standard InChI is InChI=1S/C16H26N2O/c1-2-18(12-14-8-10-17-11-9-14)13-16(19)15-6-4-3-5-7-15/h8-11,15-16,19H,2-7,12-13H2,1H3. The van der Waals surface area contributed by atoms with Crippen LogP contribution in [-0.4, -0.2) is 34.2 Å². The van der Waals surface area contributed by atoms with E-state index in [-0.39, 0.29) is 6.10 Å². The Morgan fingerprint density at radius 1 is 1.26 bits per heavy atom. The van der Waals surface area contributed by atoms with Crippen LogP contribution in [0.25, 0.3) is 0 Å². The van der Waals surface area contributed by atoms with Crippen LogP contribution in [0, 0.1) is 5.92 Å².